The molecule has 5 aliphatic rings. The number of aromatic carboxylic acids is 1. The summed E-state index contributed by atoms with van der Waals surface area (Å²) in [5.74, 6) is 3.33. The maximum Gasteiger partial charge on any atom is 0.337 e. The highest BCUT2D eigenvalue weighted by molar-refractivity contribution is 5.88. The summed E-state index contributed by atoms with van der Waals surface area (Å²) < 4.78 is 12.8. The van der Waals surface area contributed by atoms with Gasteiger partial charge in [-0.15, -0.1) is 10.2 Å². The van der Waals surface area contributed by atoms with Crippen LogP contribution in [-0.4, -0.2) is 41.8 Å². The highest BCUT2D eigenvalue weighted by Gasteiger charge is 2.51. The molecule has 9 nitrogen and oxygen atoms in total. The normalized spacial score (nSPS) is 29.1. The molecule has 0 atom stereocenters. The Balaban J connectivity index is 1.18. The fourth-order valence-electron chi connectivity index (χ4n) is 7.82. The molecule has 4 bridgehead atoms. The van der Waals surface area contributed by atoms with Gasteiger partial charge in [0.2, 0.25) is 5.89 Å². The number of carboxylic acids is 1. The largest absolute Gasteiger partial charge is 0.478 e. The van der Waals surface area contributed by atoms with Crippen LogP contribution in [0.2, 0.25) is 0 Å². The SMILES string of the molecule is O=C(O)c1cncc(-c2nnc(-c3nc(C4CCCCC4)[nH]c3COC34CC5CC(CC(C5)C3)C4)o2)c1. The molecule has 0 unspecified atom stereocenters. The van der Waals surface area contributed by atoms with E-state index in [-0.39, 0.29) is 17.1 Å². The van der Waals surface area contributed by atoms with E-state index in [0.29, 0.717) is 29.7 Å². The molecule has 3 aromatic heterocycles. The summed E-state index contributed by atoms with van der Waals surface area (Å²) in [5, 5.41) is 17.8. The fraction of sp³-hybridized carbons (Fsp3) is 0.607. The number of carbonyl (C=O) groups is 1. The molecule has 9 heteroatoms. The second kappa shape index (κ2) is 9.04. The zero-order valence-corrected chi connectivity index (χ0v) is 21.0. The lowest BCUT2D eigenvalue weighted by atomic mass is 9.54. The fourth-order valence-corrected chi connectivity index (χ4v) is 7.82. The third kappa shape index (κ3) is 4.37. The minimum atomic E-state index is -1.05. The van der Waals surface area contributed by atoms with Crippen LogP contribution in [0, 0.1) is 17.8 Å². The number of ether oxygens (including phenoxy) is 1. The second-order valence-electron chi connectivity index (χ2n) is 11.9. The van der Waals surface area contributed by atoms with Crippen LogP contribution in [0.15, 0.2) is 22.9 Å². The summed E-state index contributed by atoms with van der Waals surface area (Å²) in [6, 6.07) is 1.49. The lowest BCUT2D eigenvalue weighted by Gasteiger charge is -2.56. The number of rotatable bonds is 7. The maximum atomic E-state index is 11.4. The van der Waals surface area contributed by atoms with Crippen molar-refractivity contribution in [3.05, 3.63) is 35.5 Å². The molecule has 0 spiro atoms. The zero-order valence-electron chi connectivity index (χ0n) is 21.0. The summed E-state index contributed by atoms with van der Waals surface area (Å²) in [7, 11) is 0. The van der Waals surface area contributed by atoms with Gasteiger partial charge >= 0.3 is 5.97 Å². The van der Waals surface area contributed by atoms with Crippen LogP contribution in [-0.2, 0) is 11.3 Å². The van der Waals surface area contributed by atoms with Gasteiger partial charge in [0.1, 0.15) is 5.82 Å². The molecule has 3 heterocycles. The van der Waals surface area contributed by atoms with E-state index in [1.165, 1.54) is 76.2 Å². The summed E-state index contributed by atoms with van der Waals surface area (Å²) in [6.45, 7) is 0.453. The minimum Gasteiger partial charge on any atom is -0.478 e. The van der Waals surface area contributed by atoms with E-state index >= 15 is 0 Å². The number of nitrogens with zero attached hydrogens (tertiary/aromatic N) is 4. The maximum absolute atomic E-state index is 11.4. The van der Waals surface area contributed by atoms with E-state index < -0.39 is 5.97 Å². The molecule has 3 aromatic rings. The molecule has 2 N–H and O–H groups in total. The molecule has 5 saturated carbocycles. The van der Waals surface area contributed by atoms with Crippen LogP contribution in [0.5, 0.6) is 0 Å². The number of imidazole rings is 1. The van der Waals surface area contributed by atoms with Gasteiger partial charge in [0.05, 0.1) is 29.0 Å². The molecule has 0 amide bonds. The first-order chi connectivity index (χ1) is 18.0. The van der Waals surface area contributed by atoms with Gasteiger partial charge in [0.25, 0.3) is 5.89 Å². The number of pyridine rings is 1. The highest BCUT2D eigenvalue weighted by atomic mass is 16.5. The number of nitrogens with one attached hydrogen (secondary N) is 1. The van der Waals surface area contributed by atoms with Crippen LogP contribution >= 0.6 is 0 Å². The lowest BCUT2D eigenvalue weighted by Crippen LogP contribution is -2.51. The third-order valence-corrected chi connectivity index (χ3v) is 9.15. The van der Waals surface area contributed by atoms with Gasteiger partial charge in [0, 0.05) is 18.3 Å². The first kappa shape index (κ1) is 23.1. The lowest BCUT2D eigenvalue weighted by molar-refractivity contribution is -0.169. The topological polar surface area (TPSA) is 127 Å². The smallest absolute Gasteiger partial charge is 0.337 e. The van der Waals surface area contributed by atoms with Crippen molar-refractivity contribution in [2.45, 2.75) is 88.8 Å². The van der Waals surface area contributed by atoms with Crippen LogP contribution in [0.4, 0.5) is 0 Å². The van der Waals surface area contributed by atoms with Gasteiger partial charge in [-0.25, -0.2) is 9.78 Å². The standard InChI is InChI=1S/C28H33N5O4/c34-27(35)21-9-20(13-29-14-21)25-32-33-26(37-25)23-22(30-24(31-23)19-4-2-1-3-5-19)15-36-28-10-16-6-17(11-28)8-18(7-16)12-28/h9,13-14,16-19H,1-8,10-12,15H2,(H,30,31)(H,34,35). The molecule has 37 heavy (non-hydrogen) atoms. The quantitative estimate of drug-likeness (QED) is 0.417. The predicted octanol–water partition coefficient (Wildman–Crippen LogP) is 5.75. The highest BCUT2D eigenvalue weighted by Crippen LogP contribution is 2.57. The Morgan fingerprint density at radius 3 is 2.43 bits per heavy atom. The van der Waals surface area contributed by atoms with Crippen LogP contribution in [0.3, 0.4) is 0 Å². The van der Waals surface area contributed by atoms with Crippen molar-refractivity contribution in [3.8, 4) is 23.0 Å². The summed E-state index contributed by atoms with van der Waals surface area (Å²) >= 11 is 0. The Labute approximate surface area is 215 Å². The molecular weight excluding hydrogens is 470 g/mol. The molecule has 0 aromatic carbocycles. The first-order valence-electron chi connectivity index (χ1n) is 13.8. The Morgan fingerprint density at radius 2 is 1.73 bits per heavy atom. The monoisotopic (exact) mass is 503 g/mol. The van der Waals surface area contributed by atoms with Crippen molar-refractivity contribution >= 4 is 5.97 Å². The minimum absolute atomic E-state index is 0.00885. The number of hydrogen-bond acceptors (Lipinski definition) is 7. The van der Waals surface area contributed by atoms with Gasteiger partial charge in [-0.1, -0.05) is 19.3 Å². The van der Waals surface area contributed by atoms with E-state index in [2.05, 4.69) is 20.2 Å². The van der Waals surface area contributed by atoms with Crippen molar-refractivity contribution < 1.29 is 19.1 Å². The molecule has 5 fully saturated rings. The van der Waals surface area contributed by atoms with Gasteiger partial charge in [-0.05, 0) is 75.2 Å². The Hall–Kier alpha value is -3.07. The first-order valence-corrected chi connectivity index (χ1v) is 13.8. The van der Waals surface area contributed by atoms with Gasteiger partial charge < -0.3 is 19.2 Å². The van der Waals surface area contributed by atoms with Crippen molar-refractivity contribution in [1.82, 2.24) is 25.1 Å². The van der Waals surface area contributed by atoms with E-state index in [9.17, 15) is 9.90 Å². The average molecular weight is 504 g/mol. The zero-order chi connectivity index (χ0) is 25.0. The average Bonchev–Trinajstić information content (AvgIpc) is 3.55. The molecule has 0 radical (unpaired) electrons. The predicted molar refractivity (Wildman–Crippen MR) is 134 cm³/mol. The van der Waals surface area contributed by atoms with Crippen LogP contribution in [0.1, 0.15) is 98.4 Å². The van der Waals surface area contributed by atoms with Gasteiger partial charge in [-0.3, -0.25) is 4.98 Å². The van der Waals surface area contributed by atoms with E-state index in [0.717, 1.165) is 42.1 Å². The number of carboxylic acid groups (broad SMARTS) is 1. The summed E-state index contributed by atoms with van der Waals surface area (Å²) in [6.07, 6.45) is 16.5. The van der Waals surface area contributed by atoms with Crippen LogP contribution in [0.25, 0.3) is 23.0 Å². The summed E-state index contributed by atoms with van der Waals surface area (Å²) in [4.78, 5) is 24.0. The van der Waals surface area contributed by atoms with Crippen molar-refractivity contribution in [3.63, 3.8) is 0 Å². The van der Waals surface area contributed by atoms with E-state index in [1.54, 1.807) is 0 Å². The molecular formula is C28H33N5O4. The Bertz CT molecular complexity index is 1270. The van der Waals surface area contributed by atoms with Crippen molar-refractivity contribution in [1.29, 1.82) is 0 Å². The van der Waals surface area contributed by atoms with E-state index in [1.807, 2.05) is 0 Å². The number of hydrogen-bond donors (Lipinski definition) is 2. The van der Waals surface area contributed by atoms with Crippen molar-refractivity contribution in [2.75, 3.05) is 0 Å². The summed E-state index contributed by atoms with van der Waals surface area (Å²) in [5.41, 5.74) is 2.06. The molecule has 8 rings (SSSR count). The van der Waals surface area contributed by atoms with Gasteiger partial charge in [0.15, 0.2) is 5.69 Å². The van der Waals surface area contributed by atoms with Crippen LogP contribution < -0.4 is 0 Å². The van der Waals surface area contributed by atoms with E-state index in [4.69, 9.17) is 14.1 Å². The van der Waals surface area contributed by atoms with Gasteiger partial charge in [-0.2, -0.15) is 0 Å². The Kier molecular flexibility index (Phi) is 5.64. The number of aromatic amines is 1. The molecule has 5 aliphatic carbocycles. The second-order valence-corrected chi connectivity index (χ2v) is 11.9. The Morgan fingerprint density at radius 1 is 1.03 bits per heavy atom. The molecule has 0 saturated heterocycles. The number of aromatic nitrogens is 5. The van der Waals surface area contributed by atoms with Crippen molar-refractivity contribution in [2.24, 2.45) is 17.8 Å². The third-order valence-electron chi connectivity index (χ3n) is 9.15. The molecule has 0 aliphatic heterocycles. The molecule has 194 valence electrons. The number of H-pyrrole nitrogens is 1.